The van der Waals surface area contributed by atoms with Gasteiger partial charge in [-0.2, -0.15) is 0 Å². The highest BCUT2D eigenvalue weighted by Crippen LogP contribution is 2.23. The number of carbonyl (C=O) groups excluding carboxylic acids is 2. The van der Waals surface area contributed by atoms with Crippen molar-refractivity contribution < 1.29 is 9.59 Å². The van der Waals surface area contributed by atoms with Gasteiger partial charge in [0.2, 0.25) is 5.91 Å². The number of likely N-dealkylation sites (tertiary alicyclic amines) is 1. The smallest absolute Gasteiger partial charge is 0.253 e. The Labute approximate surface area is 185 Å². The van der Waals surface area contributed by atoms with Crippen LogP contribution in [0.2, 0.25) is 0 Å². The van der Waals surface area contributed by atoms with Gasteiger partial charge in [-0.25, -0.2) is 0 Å². The van der Waals surface area contributed by atoms with Crippen LogP contribution in [0.25, 0.3) is 10.8 Å². The summed E-state index contributed by atoms with van der Waals surface area (Å²) in [5.41, 5.74) is 1.82. The van der Waals surface area contributed by atoms with E-state index in [1.54, 1.807) is 0 Å². The normalized spacial score (nSPS) is 14.7. The van der Waals surface area contributed by atoms with Crippen molar-refractivity contribution in [2.75, 3.05) is 20.1 Å². The van der Waals surface area contributed by atoms with Crippen LogP contribution in [0, 0.1) is 5.92 Å². The molecule has 30 heavy (non-hydrogen) atoms. The maximum atomic E-state index is 13.0. The third-order valence-electron chi connectivity index (χ3n) is 5.83. The molecule has 1 aliphatic rings. The fourth-order valence-corrected chi connectivity index (χ4v) is 4.37. The van der Waals surface area contributed by atoms with Crippen molar-refractivity contribution in [2.45, 2.75) is 19.4 Å². The third kappa shape index (κ3) is 4.57. The molecule has 0 radical (unpaired) electrons. The van der Waals surface area contributed by atoms with Crippen molar-refractivity contribution in [3.63, 3.8) is 0 Å². The average Bonchev–Trinajstić information content (AvgIpc) is 2.78. The van der Waals surface area contributed by atoms with Gasteiger partial charge in [0.1, 0.15) is 0 Å². The molecule has 1 fully saturated rings. The molecule has 154 valence electrons. The number of carbonyl (C=O) groups is 2. The zero-order chi connectivity index (χ0) is 21.1. The van der Waals surface area contributed by atoms with Gasteiger partial charge in [0.05, 0.1) is 0 Å². The fourth-order valence-electron chi connectivity index (χ4n) is 4.11. The first-order chi connectivity index (χ1) is 14.5. The molecule has 5 heteroatoms. The highest BCUT2D eigenvalue weighted by molar-refractivity contribution is 9.10. The Bertz CT molecular complexity index is 1060. The molecule has 3 aromatic rings. The van der Waals surface area contributed by atoms with Gasteiger partial charge in [-0.05, 0) is 59.5 Å². The van der Waals surface area contributed by atoms with E-state index in [2.05, 4.69) is 46.3 Å². The van der Waals surface area contributed by atoms with E-state index in [-0.39, 0.29) is 17.7 Å². The summed E-state index contributed by atoms with van der Waals surface area (Å²) in [6, 6.07) is 22.0. The Morgan fingerprint density at radius 2 is 1.63 bits per heavy atom. The van der Waals surface area contributed by atoms with E-state index in [4.69, 9.17) is 0 Å². The second-order valence-corrected chi connectivity index (χ2v) is 8.86. The number of benzene rings is 3. The fraction of sp³-hybridized carbons (Fsp3) is 0.280. The SMILES string of the molecule is CN(Cc1ccc2ccccc2c1)C(=O)C1CCN(C(=O)c2ccc(Br)cc2)CC1. The molecule has 0 N–H and O–H groups in total. The molecule has 2 amide bonds. The Hall–Kier alpha value is -2.66. The second-order valence-electron chi connectivity index (χ2n) is 7.95. The van der Waals surface area contributed by atoms with E-state index in [1.807, 2.05) is 53.2 Å². The number of fused-ring (bicyclic) bond motifs is 1. The summed E-state index contributed by atoms with van der Waals surface area (Å²) in [6.45, 7) is 1.84. The minimum atomic E-state index is -0.0237. The van der Waals surface area contributed by atoms with Crippen molar-refractivity contribution in [3.8, 4) is 0 Å². The molecule has 0 aromatic heterocycles. The number of hydrogen-bond acceptors (Lipinski definition) is 2. The zero-order valence-electron chi connectivity index (χ0n) is 17.1. The van der Waals surface area contributed by atoms with Crippen LogP contribution in [0.3, 0.4) is 0 Å². The number of halogens is 1. The summed E-state index contributed by atoms with van der Waals surface area (Å²) in [4.78, 5) is 29.3. The third-order valence-corrected chi connectivity index (χ3v) is 6.36. The second kappa shape index (κ2) is 9.00. The Morgan fingerprint density at radius 1 is 0.967 bits per heavy atom. The molecule has 0 spiro atoms. The summed E-state index contributed by atoms with van der Waals surface area (Å²) in [5, 5.41) is 2.40. The van der Waals surface area contributed by atoms with Crippen molar-refractivity contribution in [1.82, 2.24) is 9.80 Å². The number of piperidine rings is 1. The van der Waals surface area contributed by atoms with Crippen LogP contribution in [0.15, 0.2) is 71.2 Å². The molecule has 0 saturated carbocycles. The average molecular weight is 465 g/mol. The first-order valence-electron chi connectivity index (χ1n) is 10.3. The van der Waals surface area contributed by atoms with Gasteiger partial charge in [0, 0.05) is 42.6 Å². The van der Waals surface area contributed by atoms with Crippen LogP contribution >= 0.6 is 15.9 Å². The number of amides is 2. The van der Waals surface area contributed by atoms with E-state index in [0.29, 0.717) is 38.0 Å². The van der Waals surface area contributed by atoms with Gasteiger partial charge in [-0.1, -0.05) is 52.3 Å². The summed E-state index contributed by atoms with van der Waals surface area (Å²) in [5.74, 6) is 0.182. The lowest BCUT2D eigenvalue weighted by molar-refractivity contribution is -0.136. The lowest BCUT2D eigenvalue weighted by Crippen LogP contribution is -2.43. The quantitative estimate of drug-likeness (QED) is 0.537. The standard InChI is InChI=1S/C25H25BrN2O2/c1-27(17-18-6-7-19-4-2-3-5-22(19)16-18)24(29)21-12-14-28(15-13-21)25(30)20-8-10-23(26)11-9-20/h2-11,16,21H,12-15,17H2,1H3. The van der Waals surface area contributed by atoms with E-state index < -0.39 is 0 Å². The summed E-state index contributed by atoms with van der Waals surface area (Å²) in [6.07, 6.45) is 1.42. The molecular formula is C25H25BrN2O2. The van der Waals surface area contributed by atoms with Crippen molar-refractivity contribution in [1.29, 1.82) is 0 Å². The molecule has 0 atom stereocenters. The molecule has 4 rings (SSSR count). The molecule has 1 heterocycles. The first kappa shape index (κ1) is 20.6. The van der Waals surface area contributed by atoms with E-state index >= 15 is 0 Å². The molecule has 3 aromatic carbocycles. The zero-order valence-corrected chi connectivity index (χ0v) is 18.6. The van der Waals surface area contributed by atoms with Gasteiger partial charge < -0.3 is 9.80 Å². The number of hydrogen-bond donors (Lipinski definition) is 0. The lowest BCUT2D eigenvalue weighted by atomic mass is 9.94. The molecule has 1 aliphatic heterocycles. The minimum absolute atomic E-state index is 0.0237. The van der Waals surface area contributed by atoms with Crippen LogP contribution in [0.1, 0.15) is 28.8 Å². The molecule has 1 saturated heterocycles. The van der Waals surface area contributed by atoms with Crippen LogP contribution in [-0.2, 0) is 11.3 Å². The van der Waals surface area contributed by atoms with Crippen LogP contribution in [-0.4, -0.2) is 41.8 Å². The maximum Gasteiger partial charge on any atom is 0.253 e. The molecule has 4 nitrogen and oxygen atoms in total. The van der Waals surface area contributed by atoms with Gasteiger partial charge in [-0.15, -0.1) is 0 Å². The molecule has 0 bridgehead atoms. The van der Waals surface area contributed by atoms with Gasteiger partial charge in [0.25, 0.3) is 5.91 Å². The Morgan fingerprint density at radius 3 is 2.33 bits per heavy atom. The van der Waals surface area contributed by atoms with Crippen LogP contribution < -0.4 is 0 Å². The highest BCUT2D eigenvalue weighted by atomic mass is 79.9. The summed E-state index contributed by atoms with van der Waals surface area (Å²) in [7, 11) is 1.87. The van der Waals surface area contributed by atoms with E-state index in [0.717, 1.165) is 10.0 Å². The summed E-state index contributed by atoms with van der Waals surface area (Å²) < 4.78 is 0.956. The van der Waals surface area contributed by atoms with Crippen LogP contribution in [0.4, 0.5) is 0 Å². The number of nitrogens with zero attached hydrogens (tertiary/aromatic N) is 2. The highest BCUT2D eigenvalue weighted by Gasteiger charge is 2.29. The maximum absolute atomic E-state index is 13.0. The molecule has 0 unspecified atom stereocenters. The van der Waals surface area contributed by atoms with Gasteiger partial charge in [0.15, 0.2) is 0 Å². The van der Waals surface area contributed by atoms with Gasteiger partial charge >= 0.3 is 0 Å². The van der Waals surface area contributed by atoms with Gasteiger partial charge in [-0.3, -0.25) is 9.59 Å². The van der Waals surface area contributed by atoms with Crippen molar-refractivity contribution >= 4 is 38.5 Å². The predicted octanol–water partition coefficient (Wildman–Crippen LogP) is 5.11. The molecular weight excluding hydrogens is 440 g/mol. The van der Waals surface area contributed by atoms with Crippen LogP contribution in [0.5, 0.6) is 0 Å². The van der Waals surface area contributed by atoms with E-state index in [9.17, 15) is 9.59 Å². The Balaban J connectivity index is 1.33. The predicted molar refractivity (Wildman–Crippen MR) is 123 cm³/mol. The van der Waals surface area contributed by atoms with E-state index in [1.165, 1.54) is 10.8 Å². The topological polar surface area (TPSA) is 40.6 Å². The lowest BCUT2D eigenvalue weighted by Gasteiger charge is -2.33. The van der Waals surface area contributed by atoms with Crippen molar-refractivity contribution in [2.24, 2.45) is 5.92 Å². The minimum Gasteiger partial charge on any atom is -0.341 e. The first-order valence-corrected chi connectivity index (χ1v) is 11.1. The largest absolute Gasteiger partial charge is 0.341 e. The monoisotopic (exact) mass is 464 g/mol. The van der Waals surface area contributed by atoms with Crippen molar-refractivity contribution in [3.05, 3.63) is 82.3 Å². The summed E-state index contributed by atoms with van der Waals surface area (Å²) >= 11 is 3.40. The number of rotatable bonds is 4. The molecule has 0 aliphatic carbocycles. The Kier molecular flexibility index (Phi) is 6.18.